The molecule has 3 saturated heterocycles. The van der Waals surface area contributed by atoms with Gasteiger partial charge in [0.05, 0.1) is 62.5 Å². The van der Waals surface area contributed by atoms with Crippen LogP contribution in [-0.2, 0) is 37.9 Å². The van der Waals surface area contributed by atoms with Crippen LogP contribution in [0.25, 0.3) is 0 Å². The summed E-state index contributed by atoms with van der Waals surface area (Å²) in [4.78, 5) is 0. The van der Waals surface area contributed by atoms with Crippen LogP contribution in [0, 0.1) is 52.3 Å². The van der Waals surface area contributed by atoms with Gasteiger partial charge in [-0.05, 0) is 72.5 Å². The van der Waals surface area contributed by atoms with Gasteiger partial charge in [-0.15, -0.1) is 0 Å². The van der Waals surface area contributed by atoms with Crippen molar-refractivity contribution in [2.45, 2.75) is 183 Å². The van der Waals surface area contributed by atoms with Crippen LogP contribution in [0.3, 0.4) is 0 Å². The highest BCUT2D eigenvalue weighted by molar-refractivity contribution is 5.23. The topological polar surface area (TPSA) is 296 Å². The van der Waals surface area contributed by atoms with Crippen molar-refractivity contribution in [1.29, 1.82) is 0 Å². The zero-order valence-electron chi connectivity index (χ0n) is 38.8. The lowest BCUT2D eigenvalue weighted by Crippen LogP contribution is -2.71. The van der Waals surface area contributed by atoms with E-state index < -0.39 is 139 Å². The maximum Gasteiger partial charge on any atom is 0.186 e. The SMILES string of the molecule is COC1C(O)COC(OC2COC(OC3COC(OCC[C@@H](/C=C/[C@@H](C)[C@H]4[C@@H](O)[C@@H](O)C5[C@]6(O)C[C@H](O)C7[C@@H](O)[C@@H](O)CC[C@]7(C)C6CC[C@@]54C)C(C)C)C(O)C3O)C(O)C2OC)C1O. The van der Waals surface area contributed by atoms with E-state index in [1.54, 1.807) is 0 Å². The van der Waals surface area contributed by atoms with Crippen molar-refractivity contribution in [2.75, 3.05) is 40.6 Å². The van der Waals surface area contributed by atoms with Crippen LogP contribution in [0.4, 0.5) is 0 Å². The van der Waals surface area contributed by atoms with Gasteiger partial charge in [0.2, 0.25) is 0 Å². The molecular weight excluding hydrogens is 856 g/mol. The summed E-state index contributed by atoms with van der Waals surface area (Å²) in [6.07, 6.45) is -13.3. The van der Waals surface area contributed by atoms with Gasteiger partial charge in [0, 0.05) is 32.5 Å². The predicted molar refractivity (Wildman–Crippen MR) is 226 cm³/mol. The summed E-state index contributed by atoms with van der Waals surface area (Å²) in [5.41, 5.74) is -2.82. The van der Waals surface area contributed by atoms with E-state index >= 15 is 0 Å². The summed E-state index contributed by atoms with van der Waals surface area (Å²) in [6, 6.07) is 0. The Morgan fingerprint density at radius 2 is 1.22 bits per heavy atom. The Morgan fingerprint density at radius 3 is 1.88 bits per heavy atom. The van der Waals surface area contributed by atoms with E-state index in [0.29, 0.717) is 32.1 Å². The normalized spacial score (nSPS) is 52.5. The van der Waals surface area contributed by atoms with E-state index in [2.05, 4.69) is 26.0 Å². The van der Waals surface area contributed by atoms with Crippen molar-refractivity contribution in [2.24, 2.45) is 52.3 Å². The van der Waals surface area contributed by atoms with Crippen molar-refractivity contribution in [3.8, 4) is 0 Å². The fraction of sp³-hybridized carbons (Fsp3) is 0.957. The highest BCUT2D eigenvalue weighted by Gasteiger charge is 2.73. The van der Waals surface area contributed by atoms with Gasteiger partial charge in [0.25, 0.3) is 0 Å². The van der Waals surface area contributed by atoms with Crippen LogP contribution in [0.1, 0.15) is 73.1 Å². The molecule has 0 aromatic rings. The molecule has 15 unspecified atom stereocenters. The van der Waals surface area contributed by atoms with E-state index in [1.807, 2.05) is 20.8 Å². The number of methoxy groups -OCH3 is 2. The maximum absolute atomic E-state index is 12.7. The lowest BCUT2D eigenvalue weighted by atomic mass is 9.41. The van der Waals surface area contributed by atoms with Gasteiger partial charge >= 0.3 is 0 Å². The molecular formula is C46H78O19. The van der Waals surface area contributed by atoms with Gasteiger partial charge in [-0.1, -0.05) is 46.8 Å². The molecule has 7 fully saturated rings. The van der Waals surface area contributed by atoms with Gasteiger partial charge in [-0.3, -0.25) is 0 Å². The highest BCUT2D eigenvalue weighted by Crippen LogP contribution is 2.69. The van der Waals surface area contributed by atoms with E-state index in [0.717, 1.165) is 0 Å². The first-order chi connectivity index (χ1) is 30.6. The Balaban J connectivity index is 0.914. The fourth-order valence-electron chi connectivity index (χ4n) is 13.8. The second kappa shape index (κ2) is 20.4. The van der Waals surface area contributed by atoms with E-state index in [-0.39, 0.29) is 56.5 Å². The van der Waals surface area contributed by atoms with Crippen LogP contribution in [0.15, 0.2) is 12.2 Å². The smallest absolute Gasteiger partial charge is 0.186 e. The Labute approximate surface area is 381 Å². The largest absolute Gasteiger partial charge is 0.393 e. The average molecular weight is 935 g/mol. The molecule has 11 N–H and O–H groups in total. The summed E-state index contributed by atoms with van der Waals surface area (Å²) in [7, 11) is 2.69. The van der Waals surface area contributed by atoms with Crippen molar-refractivity contribution in [3.05, 3.63) is 12.2 Å². The van der Waals surface area contributed by atoms with Gasteiger partial charge in [-0.2, -0.15) is 0 Å². The summed E-state index contributed by atoms with van der Waals surface area (Å²) in [5, 5.41) is 123. The minimum absolute atomic E-state index is 0.00273. The second-order valence-corrected chi connectivity index (χ2v) is 21.2. The van der Waals surface area contributed by atoms with Crippen molar-refractivity contribution in [3.63, 3.8) is 0 Å². The number of hydrogen-bond acceptors (Lipinski definition) is 19. The van der Waals surface area contributed by atoms with E-state index in [9.17, 15) is 56.2 Å². The molecule has 3 aliphatic heterocycles. The summed E-state index contributed by atoms with van der Waals surface area (Å²) >= 11 is 0. The lowest BCUT2D eigenvalue weighted by molar-refractivity contribution is -0.351. The van der Waals surface area contributed by atoms with Crippen LogP contribution < -0.4 is 0 Å². The Bertz CT molecular complexity index is 1590. The molecule has 65 heavy (non-hydrogen) atoms. The third kappa shape index (κ3) is 9.38. The number of hydrogen-bond donors (Lipinski definition) is 11. The van der Waals surface area contributed by atoms with Crippen LogP contribution in [0.2, 0.25) is 0 Å². The molecule has 0 radical (unpaired) electrons. The van der Waals surface area contributed by atoms with Gasteiger partial charge in [0.1, 0.15) is 54.9 Å². The third-order valence-electron chi connectivity index (χ3n) is 17.1. The molecule has 0 aromatic carbocycles. The first-order valence-electron chi connectivity index (χ1n) is 23.7. The standard InChI is InChI=1S/C46H78O19/c1-20(2)22(9-8-21(3)29-33(52)34(53)40-45(29,5)14-11-28-44(4)13-10-23(47)31(50)30(44)24(48)16-46(28,40)57)12-15-60-41-35(54)32(51)26(18-62-41)64-43-37(56)39(59-7)27(19-63-43)65-42-36(55)38(58-6)25(49)17-61-42/h8-9,20-43,47-57H,10-19H2,1-7H3/b9-8+/t21-,22-,23+,24+,25?,26?,27?,28?,29+,30?,31+,32?,33-,34-,35?,36?,37?,38?,39?,40?,41?,42?,43?,44-,45-,46+/m1/s1. The van der Waals surface area contributed by atoms with Crippen molar-refractivity contribution < 1.29 is 94.1 Å². The molecule has 19 nitrogen and oxygen atoms in total. The lowest BCUT2D eigenvalue weighted by Gasteiger charge is -2.66. The molecule has 7 aliphatic rings. The molecule has 0 amide bonds. The number of allylic oxidation sites excluding steroid dienone is 2. The van der Waals surface area contributed by atoms with Crippen molar-refractivity contribution >= 4 is 0 Å². The van der Waals surface area contributed by atoms with Gasteiger partial charge in [0.15, 0.2) is 18.9 Å². The molecule has 3 heterocycles. The van der Waals surface area contributed by atoms with E-state index in [1.165, 1.54) is 14.2 Å². The number of fused-ring (bicyclic) bond motifs is 5. The molecule has 0 bridgehead atoms. The monoisotopic (exact) mass is 935 g/mol. The first kappa shape index (κ1) is 51.8. The first-order valence-corrected chi connectivity index (χ1v) is 23.7. The third-order valence-corrected chi connectivity index (χ3v) is 17.1. The molecule has 4 saturated carbocycles. The average Bonchev–Trinajstić information content (AvgIpc) is 3.46. The zero-order valence-corrected chi connectivity index (χ0v) is 38.8. The van der Waals surface area contributed by atoms with Crippen LogP contribution in [-0.4, -0.2) is 207 Å². The Kier molecular flexibility index (Phi) is 16.2. The van der Waals surface area contributed by atoms with Gasteiger partial charge < -0.3 is 94.1 Å². The molecule has 376 valence electrons. The number of ether oxygens (including phenoxy) is 8. The molecule has 0 spiro atoms. The molecule has 0 aromatic heterocycles. The van der Waals surface area contributed by atoms with E-state index in [4.69, 9.17) is 37.9 Å². The fourth-order valence-corrected chi connectivity index (χ4v) is 13.8. The number of rotatable bonds is 14. The van der Waals surface area contributed by atoms with Crippen molar-refractivity contribution in [1.82, 2.24) is 0 Å². The van der Waals surface area contributed by atoms with Crippen LogP contribution >= 0.6 is 0 Å². The molecule has 4 aliphatic carbocycles. The van der Waals surface area contributed by atoms with Crippen LogP contribution in [0.5, 0.6) is 0 Å². The predicted octanol–water partition coefficient (Wildman–Crippen LogP) is -1.45. The molecule has 7 rings (SSSR count). The number of aliphatic hydroxyl groups excluding tert-OH is 10. The Hall–Kier alpha value is -1.02. The maximum atomic E-state index is 12.7. The summed E-state index contributed by atoms with van der Waals surface area (Å²) < 4.78 is 45.4. The Morgan fingerprint density at radius 1 is 0.615 bits per heavy atom. The summed E-state index contributed by atoms with van der Waals surface area (Å²) in [5.74, 6) is -2.12. The minimum atomic E-state index is -1.51. The molecule has 26 atom stereocenters. The zero-order chi connectivity index (χ0) is 47.5. The quantitative estimate of drug-likeness (QED) is 0.0889. The number of aliphatic hydroxyl groups is 11. The summed E-state index contributed by atoms with van der Waals surface area (Å²) in [6.45, 7) is 9.83. The van der Waals surface area contributed by atoms with Gasteiger partial charge in [-0.25, -0.2) is 0 Å². The highest BCUT2D eigenvalue weighted by atomic mass is 16.8. The second-order valence-electron chi connectivity index (χ2n) is 21.2. The minimum Gasteiger partial charge on any atom is -0.393 e. The molecule has 19 heteroatoms.